The molecule has 0 spiro atoms. The summed E-state index contributed by atoms with van der Waals surface area (Å²) >= 11 is 8.72. The lowest BCUT2D eigenvalue weighted by molar-refractivity contribution is 0.0453. The number of hydrogen-bond donors (Lipinski definition) is 1. The van der Waals surface area contributed by atoms with Gasteiger partial charge in [-0.2, -0.15) is 17.6 Å². The van der Waals surface area contributed by atoms with Crippen LogP contribution in [-0.2, 0) is 11.8 Å². The minimum Gasteiger partial charge on any atom is -0.391 e. The molecule has 218 valence electrons. The molecule has 0 amide bonds. The normalized spacial score (nSPS) is 15.4. The van der Waals surface area contributed by atoms with Gasteiger partial charge in [-0.1, -0.05) is 0 Å². The van der Waals surface area contributed by atoms with Crippen molar-refractivity contribution in [2.24, 2.45) is 0 Å². The van der Waals surface area contributed by atoms with Gasteiger partial charge in [0.05, 0.1) is 5.00 Å². The molecule has 0 saturated heterocycles. The van der Waals surface area contributed by atoms with Gasteiger partial charge in [-0.15, -0.1) is 68.0 Å². The first-order valence-corrected chi connectivity index (χ1v) is 18.3. The molecule has 11 heteroatoms. The molecule has 1 nitrogen and oxygen atoms in total. The lowest BCUT2D eigenvalue weighted by atomic mass is 9.99. The number of fused-ring (bicyclic) bond motifs is 6. The van der Waals surface area contributed by atoms with E-state index < -0.39 is 11.8 Å². The van der Waals surface area contributed by atoms with E-state index in [1.807, 2.05) is 43.3 Å². The molecule has 0 aliphatic heterocycles. The van der Waals surface area contributed by atoms with Crippen LogP contribution in [0.15, 0.2) is 72.8 Å². The summed E-state index contributed by atoms with van der Waals surface area (Å²) < 4.78 is 64.1. The number of alkyl halides is 4. The maximum atomic E-state index is 16.0. The Hall–Kier alpha value is -3.06. The smallest absolute Gasteiger partial charge is 0.300 e. The van der Waals surface area contributed by atoms with Crippen molar-refractivity contribution in [3.05, 3.63) is 99.9 Å². The third-order valence-corrected chi connectivity index (χ3v) is 15.2. The first-order chi connectivity index (χ1) is 21.1. The second-order valence-corrected chi connectivity index (χ2v) is 17.4. The average molecular weight is 696 g/mol. The van der Waals surface area contributed by atoms with Crippen LogP contribution in [0.4, 0.5) is 22.6 Å². The minimum atomic E-state index is -3.28. The molecule has 2 aliphatic carbocycles. The fourth-order valence-electron chi connectivity index (χ4n) is 5.93. The number of rotatable bonds is 4. The van der Waals surface area contributed by atoms with Gasteiger partial charge in [-0.25, -0.2) is 0 Å². The quantitative estimate of drug-likeness (QED) is 0.182. The van der Waals surface area contributed by atoms with Crippen molar-refractivity contribution in [2.45, 2.75) is 18.8 Å². The van der Waals surface area contributed by atoms with E-state index in [1.165, 1.54) is 68.4 Å². The zero-order valence-corrected chi connectivity index (χ0v) is 27.4. The van der Waals surface area contributed by atoms with Gasteiger partial charge >= 0.3 is 11.8 Å². The van der Waals surface area contributed by atoms with Gasteiger partial charge in [0.2, 0.25) is 0 Å². The highest BCUT2D eigenvalue weighted by molar-refractivity contribution is 7.28. The number of nitrogen functional groups attached to an aromatic ring is 1. The lowest BCUT2D eigenvalue weighted by Gasteiger charge is -2.16. The third kappa shape index (κ3) is 3.83. The molecular weight excluding hydrogens is 679 g/mol. The standard InChI is InChI=1S/C33H17F4NS6/c1-14-2-3-21(39-14)22-4-6-25(40-22)27-12-19-30(43-27)15-10-18-16(11-17(15)32(19,34)35)31-20(33(18,36)37)13-28(44-31)26-7-5-23(41-26)24-8-9-29(38)42-24/h2-13H,38H2,1H3. The van der Waals surface area contributed by atoms with Gasteiger partial charge in [0.15, 0.2) is 0 Å². The number of anilines is 1. The van der Waals surface area contributed by atoms with Crippen LogP contribution in [0, 0.1) is 6.92 Å². The molecule has 1 aromatic carbocycles. The van der Waals surface area contributed by atoms with E-state index in [4.69, 9.17) is 5.73 Å². The topological polar surface area (TPSA) is 26.0 Å². The zero-order chi connectivity index (χ0) is 30.1. The highest BCUT2D eigenvalue weighted by atomic mass is 32.1. The third-order valence-electron chi connectivity index (χ3n) is 8.01. The van der Waals surface area contributed by atoms with Crippen molar-refractivity contribution in [1.29, 1.82) is 0 Å². The Morgan fingerprint density at radius 2 is 0.864 bits per heavy atom. The van der Waals surface area contributed by atoms with E-state index in [0.29, 0.717) is 19.6 Å². The van der Waals surface area contributed by atoms with Crippen LogP contribution in [0.5, 0.6) is 0 Å². The number of halogens is 4. The van der Waals surface area contributed by atoms with Crippen molar-refractivity contribution in [3.63, 3.8) is 0 Å². The maximum Gasteiger partial charge on any atom is 0.300 e. The summed E-state index contributed by atoms with van der Waals surface area (Å²) in [5.41, 5.74) is 5.68. The van der Waals surface area contributed by atoms with Crippen LogP contribution in [0.25, 0.3) is 59.9 Å². The fraction of sp³-hybridized carbons (Fsp3) is 0.0909. The summed E-state index contributed by atoms with van der Waals surface area (Å²) in [4.78, 5) is 9.35. The Bertz CT molecular complexity index is 2130. The molecule has 7 aromatic rings. The lowest BCUT2D eigenvalue weighted by Crippen LogP contribution is -2.13. The molecule has 0 fully saturated rings. The van der Waals surface area contributed by atoms with Crippen LogP contribution in [0.3, 0.4) is 0 Å². The summed E-state index contributed by atoms with van der Waals surface area (Å²) in [5, 5.41) is 0.709. The summed E-state index contributed by atoms with van der Waals surface area (Å²) in [6.45, 7) is 2.05. The van der Waals surface area contributed by atoms with E-state index in [2.05, 4.69) is 12.1 Å². The second kappa shape index (κ2) is 9.24. The van der Waals surface area contributed by atoms with E-state index in [0.717, 1.165) is 34.1 Å². The van der Waals surface area contributed by atoms with E-state index in [-0.39, 0.29) is 33.4 Å². The Morgan fingerprint density at radius 3 is 1.30 bits per heavy atom. The second-order valence-electron chi connectivity index (χ2n) is 10.7. The van der Waals surface area contributed by atoms with Crippen LogP contribution >= 0.6 is 68.0 Å². The van der Waals surface area contributed by atoms with Gasteiger partial charge in [-0.05, 0) is 79.7 Å². The van der Waals surface area contributed by atoms with Crippen molar-refractivity contribution < 1.29 is 17.6 Å². The van der Waals surface area contributed by atoms with Crippen molar-refractivity contribution >= 4 is 73.0 Å². The number of aryl methyl sites for hydroxylation is 1. The van der Waals surface area contributed by atoms with Crippen molar-refractivity contribution in [2.75, 3.05) is 5.73 Å². The molecule has 9 rings (SSSR count). The van der Waals surface area contributed by atoms with E-state index in [9.17, 15) is 0 Å². The largest absolute Gasteiger partial charge is 0.391 e. The molecule has 6 aromatic heterocycles. The predicted molar refractivity (Wildman–Crippen MR) is 181 cm³/mol. The Kier molecular flexibility index (Phi) is 5.73. The van der Waals surface area contributed by atoms with Crippen LogP contribution < -0.4 is 5.73 Å². The van der Waals surface area contributed by atoms with Gasteiger partial charge < -0.3 is 5.73 Å². The Balaban J connectivity index is 1.10. The predicted octanol–water partition coefficient (Wildman–Crippen LogP) is 12.9. The van der Waals surface area contributed by atoms with E-state index >= 15 is 17.6 Å². The monoisotopic (exact) mass is 695 g/mol. The summed E-state index contributed by atoms with van der Waals surface area (Å²) in [6.07, 6.45) is 0. The Labute approximate surface area is 273 Å². The van der Waals surface area contributed by atoms with Gasteiger partial charge in [0.1, 0.15) is 0 Å². The highest BCUT2D eigenvalue weighted by Gasteiger charge is 2.52. The average Bonchev–Trinajstić information content (AvgIpc) is 3.82. The van der Waals surface area contributed by atoms with Gasteiger partial charge in [0, 0.05) is 87.0 Å². The summed E-state index contributed by atoms with van der Waals surface area (Å²) in [5.74, 6) is -6.56. The van der Waals surface area contributed by atoms with Crippen LogP contribution in [0.1, 0.15) is 27.1 Å². The molecule has 0 atom stereocenters. The molecule has 44 heavy (non-hydrogen) atoms. The molecule has 2 aliphatic rings. The van der Waals surface area contributed by atoms with Crippen molar-refractivity contribution in [3.8, 4) is 59.9 Å². The van der Waals surface area contributed by atoms with Gasteiger partial charge in [0.25, 0.3) is 0 Å². The van der Waals surface area contributed by atoms with Gasteiger partial charge in [-0.3, -0.25) is 0 Å². The van der Waals surface area contributed by atoms with Crippen LogP contribution in [0.2, 0.25) is 0 Å². The maximum absolute atomic E-state index is 16.0. The molecule has 0 bridgehead atoms. The summed E-state index contributed by atoms with van der Waals surface area (Å²) in [7, 11) is 0. The molecule has 0 unspecified atom stereocenters. The number of hydrogen-bond acceptors (Lipinski definition) is 7. The highest BCUT2D eigenvalue weighted by Crippen LogP contribution is 2.62. The molecular formula is C33H17F4NS6. The molecule has 0 saturated carbocycles. The Morgan fingerprint density at radius 1 is 0.455 bits per heavy atom. The SMILES string of the molecule is Cc1ccc(-c2ccc(-c3cc4c(s3)-c3cc5c(cc3C4(F)F)-c3sc(-c4ccc(-c6ccc(N)s6)s4)cc3C5(F)F)s2)s1. The number of thiophene rings is 6. The molecule has 2 N–H and O–H groups in total. The summed E-state index contributed by atoms with van der Waals surface area (Å²) in [6, 6.07) is 21.5. The van der Waals surface area contributed by atoms with Crippen LogP contribution in [-0.4, -0.2) is 0 Å². The first kappa shape index (κ1) is 27.3. The number of benzene rings is 1. The fourth-order valence-corrected chi connectivity index (χ4v) is 12.4. The number of nitrogens with two attached hydrogens (primary N) is 1. The van der Waals surface area contributed by atoms with E-state index in [1.54, 1.807) is 28.7 Å². The minimum absolute atomic E-state index is 0.103. The molecule has 0 radical (unpaired) electrons. The van der Waals surface area contributed by atoms with Crippen molar-refractivity contribution in [1.82, 2.24) is 0 Å². The molecule has 6 heterocycles. The first-order valence-electron chi connectivity index (χ1n) is 13.4. The zero-order valence-electron chi connectivity index (χ0n) is 22.5.